The Morgan fingerprint density at radius 1 is 1.26 bits per heavy atom. The fraction of sp³-hybridized carbons (Fsp3) is 0.263. The van der Waals surface area contributed by atoms with Crippen molar-refractivity contribution in [3.63, 3.8) is 0 Å². The maximum Gasteiger partial charge on any atom is 0.330 e. The second-order valence-electron chi connectivity index (χ2n) is 5.77. The monoisotopic (exact) mass is 392 g/mol. The molecule has 0 aliphatic carbocycles. The minimum absolute atomic E-state index is 0. The molecule has 2 aromatic rings. The summed E-state index contributed by atoms with van der Waals surface area (Å²) in [6.07, 6.45) is 0.782. The highest BCUT2D eigenvalue weighted by molar-refractivity contribution is 5.95. The summed E-state index contributed by atoms with van der Waals surface area (Å²) in [5, 5.41) is 20.2. The molecular formula is C19H25ClN4O3. The van der Waals surface area contributed by atoms with Gasteiger partial charge in [-0.05, 0) is 48.4 Å². The summed E-state index contributed by atoms with van der Waals surface area (Å²) in [7, 11) is 0. The summed E-state index contributed by atoms with van der Waals surface area (Å²) in [6.45, 7) is 2.65. The number of hydrogen-bond acceptors (Lipinski definition) is 5. The van der Waals surface area contributed by atoms with Crippen LogP contribution in [0.2, 0.25) is 0 Å². The number of rotatable bonds is 9. The van der Waals surface area contributed by atoms with Crippen molar-refractivity contribution in [1.29, 1.82) is 5.41 Å². The van der Waals surface area contributed by atoms with Crippen LogP contribution in [0.1, 0.15) is 29.7 Å². The summed E-state index contributed by atoms with van der Waals surface area (Å²) < 4.78 is 5.63. The van der Waals surface area contributed by atoms with Crippen molar-refractivity contribution in [3.05, 3.63) is 59.2 Å². The highest BCUT2D eigenvalue weighted by Gasteiger charge is 2.24. The van der Waals surface area contributed by atoms with Gasteiger partial charge in [-0.2, -0.15) is 0 Å². The van der Waals surface area contributed by atoms with Crippen molar-refractivity contribution in [1.82, 2.24) is 0 Å². The van der Waals surface area contributed by atoms with E-state index in [0.717, 1.165) is 12.0 Å². The Morgan fingerprint density at radius 3 is 2.44 bits per heavy atom. The molecule has 1 unspecified atom stereocenters. The van der Waals surface area contributed by atoms with E-state index in [-0.39, 0.29) is 18.2 Å². The third kappa shape index (κ3) is 5.87. The third-order valence-corrected chi connectivity index (χ3v) is 3.92. The molecule has 0 aliphatic heterocycles. The number of carbonyl (C=O) groups is 1. The zero-order valence-electron chi connectivity index (χ0n) is 15.1. The second-order valence-corrected chi connectivity index (χ2v) is 5.77. The van der Waals surface area contributed by atoms with Gasteiger partial charge in [0.15, 0.2) is 6.04 Å². The lowest BCUT2D eigenvalue weighted by Gasteiger charge is -2.20. The Labute approximate surface area is 164 Å². The third-order valence-electron chi connectivity index (χ3n) is 3.92. The Hall–Kier alpha value is -2.77. The first-order valence-corrected chi connectivity index (χ1v) is 8.35. The predicted octanol–water partition coefficient (Wildman–Crippen LogP) is 2.53. The molecule has 27 heavy (non-hydrogen) atoms. The molecule has 0 fully saturated rings. The molecule has 8 heteroatoms. The summed E-state index contributed by atoms with van der Waals surface area (Å²) in [5.74, 6) is -0.571. The number of ether oxygens (including phenoxy) is 1. The summed E-state index contributed by atoms with van der Waals surface area (Å²) in [4.78, 5) is 11.9. The zero-order valence-corrected chi connectivity index (χ0v) is 15.9. The zero-order chi connectivity index (χ0) is 19.1. The normalized spacial score (nSPS) is 11.2. The average Bonchev–Trinajstić information content (AvgIpc) is 2.64. The molecule has 146 valence electrons. The smallest absolute Gasteiger partial charge is 0.330 e. The maximum atomic E-state index is 11.9. The first-order chi connectivity index (χ1) is 12.5. The van der Waals surface area contributed by atoms with Crippen LogP contribution in [0.15, 0.2) is 42.5 Å². The van der Waals surface area contributed by atoms with Crippen molar-refractivity contribution < 1.29 is 14.6 Å². The molecule has 0 aliphatic rings. The van der Waals surface area contributed by atoms with Gasteiger partial charge in [-0.25, -0.2) is 4.79 Å². The van der Waals surface area contributed by atoms with E-state index in [1.54, 1.807) is 30.3 Å². The molecule has 1 atom stereocenters. The number of aryl methyl sites for hydroxylation is 1. The minimum atomic E-state index is -1.02. The van der Waals surface area contributed by atoms with E-state index in [1.807, 2.05) is 19.1 Å². The first-order valence-electron chi connectivity index (χ1n) is 8.35. The van der Waals surface area contributed by atoms with Crippen molar-refractivity contribution in [2.45, 2.75) is 19.4 Å². The number of halogens is 1. The van der Waals surface area contributed by atoms with Crippen LogP contribution in [0.3, 0.4) is 0 Å². The number of nitrogens with two attached hydrogens (primary N) is 2. The lowest BCUT2D eigenvalue weighted by Crippen LogP contribution is -2.22. The Kier molecular flexibility index (Phi) is 8.58. The second kappa shape index (κ2) is 10.4. The largest absolute Gasteiger partial charge is 0.492 e. The average molecular weight is 393 g/mol. The molecule has 0 saturated carbocycles. The molecule has 0 amide bonds. The van der Waals surface area contributed by atoms with Gasteiger partial charge < -0.3 is 26.6 Å². The molecule has 0 saturated heterocycles. The molecule has 0 radical (unpaired) electrons. The van der Waals surface area contributed by atoms with Crippen molar-refractivity contribution in [2.24, 2.45) is 11.5 Å². The van der Waals surface area contributed by atoms with Crippen LogP contribution in [-0.4, -0.2) is 30.1 Å². The number of benzene rings is 2. The number of anilines is 1. The highest BCUT2D eigenvalue weighted by atomic mass is 35.5. The molecule has 7 nitrogen and oxygen atoms in total. The van der Waals surface area contributed by atoms with Gasteiger partial charge in [0.2, 0.25) is 0 Å². The van der Waals surface area contributed by atoms with Gasteiger partial charge >= 0.3 is 5.97 Å². The van der Waals surface area contributed by atoms with E-state index in [9.17, 15) is 9.90 Å². The molecular weight excluding hydrogens is 368 g/mol. The number of amidine groups is 1. The molecule has 0 spiro atoms. The van der Waals surface area contributed by atoms with Gasteiger partial charge in [-0.1, -0.05) is 13.0 Å². The molecule has 0 aromatic heterocycles. The number of nitrogens with one attached hydrogen (secondary N) is 2. The minimum Gasteiger partial charge on any atom is -0.492 e. The van der Waals surface area contributed by atoms with E-state index < -0.39 is 12.0 Å². The van der Waals surface area contributed by atoms with Gasteiger partial charge in [0.25, 0.3) is 0 Å². The van der Waals surface area contributed by atoms with E-state index in [1.165, 1.54) is 0 Å². The lowest BCUT2D eigenvalue weighted by atomic mass is 10.0. The van der Waals surface area contributed by atoms with Crippen molar-refractivity contribution >= 4 is 29.9 Å². The van der Waals surface area contributed by atoms with Gasteiger partial charge in [0.05, 0.1) is 0 Å². The van der Waals surface area contributed by atoms with Crippen LogP contribution >= 0.6 is 12.4 Å². The number of aliphatic carboxylic acids is 1. The van der Waals surface area contributed by atoms with E-state index >= 15 is 0 Å². The van der Waals surface area contributed by atoms with Gasteiger partial charge in [0, 0.05) is 23.4 Å². The first kappa shape index (κ1) is 22.3. The number of carboxylic acids is 1. The highest BCUT2D eigenvalue weighted by Crippen LogP contribution is 2.30. The topological polar surface area (TPSA) is 134 Å². The molecule has 0 heterocycles. The summed E-state index contributed by atoms with van der Waals surface area (Å²) >= 11 is 0. The van der Waals surface area contributed by atoms with E-state index in [2.05, 4.69) is 5.32 Å². The number of nitrogen functional groups attached to an aromatic ring is 1. The predicted molar refractivity (Wildman–Crippen MR) is 109 cm³/mol. The maximum absolute atomic E-state index is 11.9. The molecule has 2 aromatic carbocycles. The Bertz CT molecular complexity index is 781. The van der Waals surface area contributed by atoms with E-state index in [0.29, 0.717) is 35.7 Å². The van der Waals surface area contributed by atoms with Crippen LogP contribution in [-0.2, 0) is 11.2 Å². The number of carboxylic acid groups (broad SMARTS) is 1. The van der Waals surface area contributed by atoms with Crippen LogP contribution in [0.4, 0.5) is 5.69 Å². The van der Waals surface area contributed by atoms with Crippen LogP contribution in [0.5, 0.6) is 5.75 Å². The Morgan fingerprint density at radius 2 is 1.93 bits per heavy atom. The molecule has 2 rings (SSSR count). The fourth-order valence-electron chi connectivity index (χ4n) is 2.53. The Balaban J connectivity index is 0.00000364. The SMILES string of the molecule is CCc1ccc(OCCN)c(C(Nc2ccc(C(=N)N)cc2)C(=O)O)c1.Cl. The van der Waals surface area contributed by atoms with Crippen LogP contribution < -0.4 is 21.5 Å². The number of hydrogen-bond donors (Lipinski definition) is 5. The quantitative estimate of drug-likeness (QED) is 0.329. The van der Waals surface area contributed by atoms with Crippen molar-refractivity contribution in [3.8, 4) is 5.75 Å². The molecule has 7 N–H and O–H groups in total. The van der Waals surface area contributed by atoms with Crippen LogP contribution in [0, 0.1) is 5.41 Å². The van der Waals surface area contributed by atoms with Crippen molar-refractivity contribution in [2.75, 3.05) is 18.5 Å². The molecule has 0 bridgehead atoms. The standard InChI is InChI=1S/C19H24N4O3.ClH/c1-2-12-3-8-16(26-10-9-20)15(11-12)17(19(24)25)23-14-6-4-13(5-7-14)18(21)22;/h3-8,11,17,23H,2,9-10,20H2,1H3,(H3,21,22)(H,24,25);1H. The van der Waals surface area contributed by atoms with Crippen LogP contribution in [0.25, 0.3) is 0 Å². The summed E-state index contributed by atoms with van der Waals surface area (Å²) in [5.41, 5.74) is 13.7. The van der Waals surface area contributed by atoms with E-state index in [4.69, 9.17) is 21.6 Å². The van der Waals surface area contributed by atoms with Gasteiger partial charge in [-0.15, -0.1) is 12.4 Å². The van der Waals surface area contributed by atoms with Gasteiger partial charge in [0.1, 0.15) is 18.2 Å². The van der Waals surface area contributed by atoms with Gasteiger partial charge in [-0.3, -0.25) is 5.41 Å². The summed E-state index contributed by atoms with van der Waals surface area (Å²) in [6, 6.07) is 11.2. The lowest BCUT2D eigenvalue weighted by molar-refractivity contribution is -0.138. The fourth-order valence-corrected chi connectivity index (χ4v) is 2.53.